The molecule has 6 heteroatoms. The molecule has 1 amide bonds. The predicted molar refractivity (Wildman–Crippen MR) is 108 cm³/mol. The normalized spacial score (nSPS) is 10.5. The van der Waals surface area contributed by atoms with Gasteiger partial charge in [0, 0.05) is 32.5 Å². The van der Waals surface area contributed by atoms with E-state index in [9.17, 15) is 9.18 Å². The molecule has 0 aliphatic heterocycles. The van der Waals surface area contributed by atoms with Crippen molar-refractivity contribution in [3.63, 3.8) is 0 Å². The molecule has 2 heterocycles. The number of carbonyl (C=O) groups is 1. The molecule has 3 aromatic rings. The highest BCUT2D eigenvalue weighted by Gasteiger charge is 2.13. The summed E-state index contributed by atoms with van der Waals surface area (Å²) in [6.45, 7) is 1.31. The van der Waals surface area contributed by atoms with E-state index in [-0.39, 0.29) is 11.7 Å². The first-order chi connectivity index (χ1) is 13.6. The van der Waals surface area contributed by atoms with Crippen LogP contribution in [0, 0.1) is 5.82 Å². The number of benzene rings is 1. The Kier molecular flexibility index (Phi) is 6.68. The first-order valence-corrected chi connectivity index (χ1v) is 9.20. The van der Waals surface area contributed by atoms with Gasteiger partial charge in [-0.3, -0.25) is 9.78 Å². The van der Waals surface area contributed by atoms with Crippen molar-refractivity contribution in [1.29, 1.82) is 0 Å². The second-order valence-electron chi connectivity index (χ2n) is 6.57. The maximum Gasteiger partial charge on any atom is 0.272 e. The van der Waals surface area contributed by atoms with E-state index in [4.69, 9.17) is 0 Å². The van der Waals surface area contributed by atoms with Crippen LogP contribution < -0.4 is 5.32 Å². The van der Waals surface area contributed by atoms with Crippen molar-refractivity contribution < 1.29 is 9.18 Å². The van der Waals surface area contributed by atoms with E-state index in [1.54, 1.807) is 48.7 Å². The van der Waals surface area contributed by atoms with Crippen molar-refractivity contribution in [2.75, 3.05) is 25.5 Å². The Bertz CT molecular complexity index is 883. The van der Waals surface area contributed by atoms with Gasteiger partial charge in [-0.1, -0.05) is 12.1 Å². The summed E-state index contributed by atoms with van der Waals surface area (Å²) >= 11 is 0. The SMILES string of the molecule is CN(CCc1ccncc1)C(=O)c1ccc(NCCc2ccc(F)cc2)cn1. The van der Waals surface area contributed by atoms with Gasteiger partial charge < -0.3 is 10.2 Å². The Labute approximate surface area is 164 Å². The molecule has 0 radical (unpaired) electrons. The lowest BCUT2D eigenvalue weighted by atomic mass is 10.1. The van der Waals surface area contributed by atoms with Crippen LogP contribution in [-0.4, -0.2) is 40.9 Å². The number of anilines is 1. The predicted octanol–water partition coefficient (Wildman–Crippen LogP) is 3.59. The van der Waals surface area contributed by atoms with Crippen LogP contribution in [0.4, 0.5) is 10.1 Å². The summed E-state index contributed by atoms with van der Waals surface area (Å²) in [5, 5.41) is 3.26. The summed E-state index contributed by atoms with van der Waals surface area (Å²) in [6.07, 6.45) is 6.71. The minimum absolute atomic E-state index is 0.105. The first-order valence-electron chi connectivity index (χ1n) is 9.20. The molecular formula is C22H23FN4O. The van der Waals surface area contributed by atoms with Crippen LogP contribution in [0.3, 0.4) is 0 Å². The fourth-order valence-corrected chi connectivity index (χ4v) is 2.77. The summed E-state index contributed by atoms with van der Waals surface area (Å²) in [5.74, 6) is -0.334. The maximum atomic E-state index is 12.9. The minimum atomic E-state index is -0.230. The van der Waals surface area contributed by atoms with Crippen molar-refractivity contribution in [3.05, 3.63) is 89.8 Å². The van der Waals surface area contributed by atoms with Crippen LogP contribution in [0.15, 0.2) is 67.1 Å². The minimum Gasteiger partial charge on any atom is -0.383 e. The third-order valence-electron chi connectivity index (χ3n) is 4.47. The Morgan fingerprint density at radius 2 is 1.71 bits per heavy atom. The molecule has 1 aromatic carbocycles. The average Bonchev–Trinajstić information content (AvgIpc) is 2.74. The third kappa shape index (κ3) is 5.61. The number of halogens is 1. The van der Waals surface area contributed by atoms with Crippen LogP contribution in [0.1, 0.15) is 21.6 Å². The van der Waals surface area contributed by atoms with Crippen molar-refractivity contribution in [2.24, 2.45) is 0 Å². The van der Waals surface area contributed by atoms with E-state index in [1.165, 1.54) is 12.1 Å². The Morgan fingerprint density at radius 3 is 2.39 bits per heavy atom. The van der Waals surface area contributed by atoms with Crippen molar-refractivity contribution in [3.8, 4) is 0 Å². The number of nitrogens with zero attached hydrogens (tertiary/aromatic N) is 3. The number of nitrogens with one attached hydrogen (secondary N) is 1. The monoisotopic (exact) mass is 378 g/mol. The molecule has 0 unspecified atom stereocenters. The summed E-state index contributed by atoms with van der Waals surface area (Å²) in [4.78, 5) is 22.4. The quantitative estimate of drug-likeness (QED) is 0.651. The molecule has 0 atom stereocenters. The van der Waals surface area contributed by atoms with Gasteiger partial charge in [0.1, 0.15) is 11.5 Å². The number of amides is 1. The van der Waals surface area contributed by atoms with Gasteiger partial charge in [-0.2, -0.15) is 0 Å². The molecule has 0 saturated carbocycles. The average molecular weight is 378 g/mol. The molecule has 0 bridgehead atoms. The van der Waals surface area contributed by atoms with Gasteiger partial charge in [-0.15, -0.1) is 0 Å². The Morgan fingerprint density at radius 1 is 1.00 bits per heavy atom. The summed E-state index contributed by atoms with van der Waals surface area (Å²) in [5.41, 5.74) is 3.47. The van der Waals surface area contributed by atoms with Crippen LogP contribution >= 0.6 is 0 Å². The van der Waals surface area contributed by atoms with Gasteiger partial charge in [0.15, 0.2) is 0 Å². The van der Waals surface area contributed by atoms with Crippen LogP contribution in [0.5, 0.6) is 0 Å². The number of aromatic nitrogens is 2. The molecule has 1 N–H and O–H groups in total. The zero-order valence-corrected chi connectivity index (χ0v) is 15.8. The fourth-order valence-electron chi connectivity index (χ4n) is 2.77. The molecule has 28 heavy (non-hydrogen) atoms. The number of pyridine rings is 2. The van der Waals surface area contributed by atoms with Crippen molar-refractivity contribution >= 4 is 11.6 Å². The lowest BCUT2D eigenvalue weighted by Gasteiger charge is -2.17. The van der Waals surface area contributed by atoms with E-state index in [0.717, 1.165) is 29.7 Å². The van der Waals surface area contributed by atoms with E-state index in [0.29, 0.717) is 18.8 Å². The van der Waals surface area contributed by atoms with E-state index in [1.807, 2.05) is 18.2 Å². The molecular weight excluding hydrogens is 355 g/mol. The van der Waals surface area contributed by atoms with Gasteiger partial charge >= 0.3 is 0 Å². The molecule has 3 rings (SSSR count). The van der Waals surface area contributed by atoms with Crippen molar-refractivity contribution in [2.45, 2.75) is 12.8 Å². The standard InChI is InChI=1S/C22H23FN4O/c1-27(15-11-18-8-12-24-13-9-18)22(28)21-7-6-20(16-26-21)25-14-10-17-2-4-19(23)5-3-17/h2-9,12-13,16,25H,10-11,14-15H2,1H3. The second kappa shape index (κ2) is 9.60. The van der Waals surface area contributed by atoms with Crippen molar-refractivity contribution in [1.82, 2.24) is 14.9 Å². The highest BCUT2D eigenvalue weighted by atomic mass is 19.1. The summed E-state index contributed by atoms with van der Waals surface area (Å²) < 4.78 is 12.9. The topological polar surface area (TPSA) is 58.1 Å². The van der Waals surface area contributed by atoms with E-state index < -0.39 is 0 Å². The van der Waals surface area contributed by atoms with Gasteiger partial charge in [-0.05, 0) is 60.4 Å². The van der Waals surface area contributed by atoms with E-state index in [2.05, 4.69) is 15.3 Å². The van der Waals surface area contributed by atoms with Gasteiger partial charge in [0.25, 0.3) is 5.91 Å². The van der Waals surface area contributed by atoms with Gasteiger partial charge in [-0.25, -0.2) is 9.37 Å². The largest absolute Gasteiger partial charge is 0.383 e. The summed E-state index contributed by atoms with van der Waals surface area (Å²) in [7, 11) is 1.78. The number of hydrogen-bond donors (Lipinski definition) is 1. The molecule has 0 saturated heterocycles. The highest BCUT2D eigenvalue weighted by molar-refractivity contribution is 5.92. The molecule has 0 aliphatic carbocycles. The molecule has 0 fully saturated rings. The first kappa shape index (κ1) is 19.5. The summed E-state index contributed by atoms with van der Waals surface area (Å²) in [6, 6.07) is 13.9. The van der Waals surface area contributed by atoms with Gasteiger partial charge in [0.2, 0.25) is 0 Å². The molecule has 5 nitrogen and oxygen atoms in total. The zero-order chi connectivity index (χ0) is 19.8. The second-order valence-corrected chi connectivity index (χ2v) is 6.57. The van der Waals surface area contributed by atoms with Gasteiger partial charge in [0.05, 0.1) is 11.9 Å². The molecule has 0 aliphatic rings. The number of carbonyl (C=O) groups excluding carboxylic acids is 1. The Balaban J connectivity index is 1.47. The lowest BCUT2D eigenvalue weighted by molar-refractivity contribution is 0.0791. The Hall–Kier alpha value is -3.28. The molecule has 144 valence electrons. The third-order valence-corrected chi connectivity index (χ3v) is 4.47. The lowest BCUT2D eigenvalue weighted by Crippen LogP contribution is -2.29. The molecule has 2 aromatic heterocycles. The smallest absolute Gasteiger partial charge is 0.272 e. The van der Waals surface area contributed by atoms with Crippen LogP contribution in [0.2, 0.25) is 0 Å². The maximum absolute atomic E-state index is 12.9. The number of hydrogen-bond acceptors (Lipinski definition) is 4. The molecule has 0 spiro atoms. The van der Waals surface area contributed by atoms with E-state index >= 15 is 0 Å². The fraction of sp³-hybridized carbons (Fsp3) is 0.227. The number of rotatable bonds is 8. The van der Waals surface area contributed by atoms with Crippen LogP contribution in [-0.2, 0) is 12.8 Å². The number of likely N-dealkylation sites (N-methyl/N-ethyl adjacent to an activating group) is 1. The van der Waals surface area contributed by atoms with Crippen LogP contribution in [0.25, 0.3) is 0 Å². The highest BCUT2D eigenvalue weighted by Crippen LogP contribution is 2.10. The zero-order valence-electron chi connectivity index (χ0n) is 15.8.